The van der Waals surface area contributed by atoms with Crippen molar-refractivity contribution in [3.8, 4) is 0 Å². The van der Waals surface area contributed by atoms with Crippen molar-refractivity contribution in [1.82, 2.24) is 5.32 Å². The molecule has 0 radical (unpaired) electrons. The third-order valence-corrected chi connectivity index (χ3v) is 2.43. The van der Waals surface area contributed by atoms with E-state index in [9.17, 15) is 0 Å². The molecule has 1 fully saturated rings. The normalized spacial score (nSPS) is 20.0. The molecule has 1 rings (SSSR count). The second-order valence-corrected chi connectivity index (χ2v) is 3.24. The van der Waals surface area contributed by atoms with E-state index in [1.807, 2.05) is 17.8 Å². The summed E-state index contributed by atoms with van der Waals surface area (Å²) in [5, 5.41) is 4.08. The molecule has 1 aliphatic heterocycles. The van der Waals surface area contributed by atoms with E-state index in [0.29, 0.717) is 0 Å². The van der Waals surface area contributed by atoms with Crippen LogP contribution in [0.1, 0.15) is 0 Å². The van der Waals surface area contributed by atoms with Crippen molar-refractivity contribution in [2.75, 3.05) is 18.8 Å². The predicted molar refractivity (Wildman–Crippen MR) is 39.3 cm³/mol. The Hall–Kier alpha value is 0.0500. The van der Waals surface area contributed by atoms with E-state index in [-0.39, 0.29) is 0 Å². The molecule has 1 aliphatic rings. The summed E-state index contributed by atoms with van der Waals surface area (Å²) in [6.45, 7) is 6.04. The molecule has 0 spiro atoms. The molecule has 0 atom stereocenters. The summed E-state index contributed by atoms with van der Waals surface area (Å²) >= 11 is 1.98. The van der Waals surface area contributed by atoms with Crippen LogP contribution in [0.4, 0.5) is 0 Å². The quantitative estimate of drug-likeness (QED) is 0.568. The van der Waals surface area contributed by atoms with Gasteiger partial charge in [-0.25, -0.2) is 0 Å². The molecule has 1 saturated heterocycles. The lowest BCUT2D eigenvalue weighted by molar-refractivity contribution is 0.544. The average Bonchev–Trinajstić information content (AvgIpc) is 1.63. The Morgan fingerprint density at radius 1 is 1.75 bits per heavy atom. The molecule has 1 heterocycles. The van der Waals surface area contributed by atoms with E-state index >= 15 is 0 Å². The molecule has 0 aromatic carbocycles. The van der Waals surface area contributed by atoms with Gasteiger partial charge in [0.15, 0.2) is 0 Å². The summed E-state index contributed by atoms with van der Waals surface area (Å²) in [4.78, 5) is 0. The van der Waals surface area contributed by atoms with Crippen LogP contribution in [0.5, 0.6) is 0 Å². The van der Waals surface area contributed by atoms with Crippen molar-refractivity contribution in [3.05, 3.63) is 12.7 Å². The van der Waals surface area contributed by atoms with Gasteiger partial charge in [0.2, 0.25) is 0 Å². The molecule has 2 heteroatoms. The van der Waals surface area contributed by atoms with E-state index < -0.39 is 0 Å². The van der Waals surface area contributed by atoms with Gasteiger partial charge in [-0.05, 0) is 0 Å². The molecule has 0 bridgehead atoms. The standard InChI is InChI=1S/C6H11NS/c1-2-3-8-6-4-7-5-6/h2,6-7H,1,3-5H2. The van der Waals surface area contributed by atoms with E-state index in [4.69, 9.17) is 0 Å². The monoisotopic (exact) mass is 129 g/mol. The van der Waals surface area contributed by atoms with Crippen LogP contribution in [-0.2, 0) is 0 Å². The molecule has 0 unspecified atom stereocenters. The Morgan fingerprint density at radius 2 is 2.50 bits per heavy atom. The second kappa shape index (κ2) is 3.15. The molecule has 0 amide bonds. The smallest absolute Gasteiger partial charge is 0.0300 e. The number of rotatable bonds is 3. The summed E-state index contributed by atoms with van der Waals surface area (Å²) in [5.74, 6) is 1.10. The maximum Gasteiger partial charge on any atom is 0.0300 e. The summed E-state index contributed by atoms with van der Waals surface area (Å²) in [5.41, 5.74) is 0. The van der Waals surface area contributed by atoms with Gasteiger partial charge < -0.3 is 5.32 Å². The highest BCUT2D eigenvalue weighted by molar-refractivity contribution is 8.00. The van der Waals surface area contributed by atoms with Gasteiger partial charge >= 0.3 is 0 Å². The van der Waals surface area contributed by atoms with Gasteiger partial charge in [-0.1, -0.05) is 6.08 Å². The fourth-order valence-corrected chi connectivity index (χ4v) is 1.46. The molecule has 1 nitrogen and oxygen atoms in total. The van der Waals surface area contributed by atoms with Crippen molar-refractivity contribution in [2.45, 2.75) is 5.25 Å². The lowest BCUT2D eigenvalue weighted by Crippen LogP contribution is -2.44. The van der Waals surface area contributed by atoms with Crippen LogP contribution in [0.15, 0.2) is 12.7 Å². The van der Waals surface area contributed by atoms with Gasteiger partial charge in [0.1, 0.15) is 0 Å². The zero-order valence-electron chi connectivity index (χ0n) is 4.89. The highest BCUT2D eigenvalue weighted by Gasteiger charge is 2.14. The van der Waals surface area contributed by atoms with E-state index in [2.05, 4.69) is 11.9 Å². The lowest BCUT2D eigenvalue weighted by Gasteiger charge is -2.25. The van der Waals surface area contributed by atoms with E-state index in [1.54, 1.807) is 0 Å². The molecule has 0 saturated carbocycles. The summed E-state index contributed by atoms with van der Waals surface area (Å²) < 4.78 is 0. The van der Waals surface area contributed by atoms with E-state index in [0.717, 1.165) is 11.0 Å². The van der Waals surface area contributed by atoms with E-state index in [1.165, 1.54) is 13.1 Å². The Bertz CT molecular complexity index is 78.6. The van der Waals surface area contributed by atoms with Crippen molar-refractivity contribution >= 4 is 11.8 Å². The number of nitrogens with one attached hydrogen (secondary N) is 1. The van der Waals surface area contributed by atoms with Crippen LogP contribution in [-0.4, -0.2) is 24.1 Å². The van der Waals surface area contributed by atoms with Crippen LogP contribution in [0.3, 0.4) is 0 Å². The van der Waals surface area contributed by atoms with Crippen LogP contribution < -0.4 is 5.32 Å². The van der Waals surface area contributed by atoms with Gasteiger partial charge in [-0.3, -0.25) is 0 Å². The zero-order chi connectivity index (χ0) is 5.82. The zero-order valence-corrected chi connectivity index (χ0v) is 5.71. The summed E-state index contributed by atoms with van der Waals surface area (Å²) in [6.07, 6.45) is 1.96. The maximum absolute atomic E-state index is 3.65. The Morgan fingerprint density at radius 3 is 2.88 bits per heavy atom. The van der Waals surface area contributed by atoms with Crippen molar-refractivity contribution in [1.29, 1.82) is 0 Å². The highest BCUT2D eigenvalue weighted by atomic mass is 32.2. The number of thioether (sulfide) groups is 1. The fraction of sp³-hybridized carbons (Fsp3) is 0.667. The van der Waals surface area contributed by atoms with Crippen LogP contribution in [0.2, 0.25) is 0 Å². The predicted octanol–water partition coefficient (Wildman–Crippen LogP) is 0.877. The van der Waals surface area contributed by atoms with Gasteiger partial charge in [0.25, 0.3) is 0 Å². The minimum Gasteiger partial charge on any atom is -0.314 e. The third-order valence-electron chi connectivity index (χ3n) is 1.19. The van der Waals surface area contributed by atoms with Crippen LogP contribution >= 0.6 is 11.8 Å². The topological polar surface area (TPSA) is 12.0 Å². The van der Waals surface area contributed by atoms with Gasteiger partial charge in [-0.15, -0.1) is 6.58 Å². The lowest BCUT2D eigenvalue weighted by atomic mass is 10.3. The first-order chi connectivity index (χ1) is 3.93. The largest absolute Gasteiger partial charge is 0.314 e. The van der Waals surface area contributed by atoms with Gasteiger partial charge in [0, 0.05) is 24.1 Å². The first-order valence-corrected chi connectivity index (χ1v) is 3.91. The van der Waals surface area contributed by atoms with Crippen molar-refractivity contribution < 1.29 is 0 Å². The van der Waals surface area contributed by atoms with Gasteiger partial charge in [0.05, 0.1) is 0 Å². The Kier molecular flexibility index (Phi) is 2.43. The summed E-state index contributed by atoms with van der Waals surface area (Å²) in [7, 11) is 0. The number of hydrogen-bond donors (Lipinski definition) is 1. The second-order valence-electron chi connectivity index (χ2n) is 1.90. The van der Waals surface area contributed by atoms with Crippen LogP contribution in [0.25, 0.3) is 0 Å². The molecular formula is C6H11NS. The average molecular weight is 129 g/mol. The van der Waals surface area contributed by atoms with Crippen molar-refractivity contribution in [2.24, 2.45) is 0 Å². The molecule has 0 aromatic heterocycles. The minimum absolute atomic E-state index is 0.869. The first-order valence-electron chi connectivity index (χ1n) is 2.86. The van der Waals surface area contributed by atoms with Crippen LogP contribution in [0, 0.1) is 0 Å². The first kappa shape index (κ1) is 6.17. The Balaban J connectivity index is 1.93. The summed E-state index contributed by atoms with van der Waals surface area (Å²) in [6, 6.07) is 0. The molecule has 0 aliphatic carbocycles. The molecule has 0 aromatic rings. The Labute approximate surface area is 54.5 Å². The molecule has 46 valence electrons. The minimum atomic E-state index is 0.869. The van der Waals surface area contributed by atoms with Crippen molar-refractivity contribution in [3.63, 3.8) is 0 Å². The highest BCUT2D eigenvalue weighted by Crippen LogP contribution is 2.13. The molecular weight excluding hydrogens is 118 g/mol. The third kappa shape index (κ3) is 1.53. The maximum atomic E-state index is 3.65. The number of hydrogen-bond acceptors (Lipinski definition) is 2. The molecule has 8 heavy (non-hydrogen) atoms. The molecule has 1 N–H and O–H groups in total. The fourth-order valence-electron chi connectivity index (χ4n) is 0.584. The SMILES string of the molecule is C=CCSC1CNC1. The van der Waals surface area contributed by atoms with Gasteiger partial charge in [-0.2, -0.15) is 11.8 Å².